The number of fused-ring (bicyclic) bond motifs is 3. The minimum atomic E-state index is -0.0814. The van der Waals surface area contributed by atoms with Crippen molar-refractivity contribution in [3.63, 3.8) is 0 Å². The van der Waals surface area contributed by atoms with E-state index in [-0.39, 0.29) is 5.97 Å². The SMILES string of the molecule is O=C(CC1CC1)OCc1ccc(CCn2c(CC3CC3)nc3c(Cl)nc4ccccc4c32)cc1. The van der Waals surface area contributed by atoms with Gasteiger partial charge in [0.1, 0.15) is 17.9 Å². The van der Waals surface area contributed by atoms with Crippen LogP contribution >= 0.6 is 11.6 Å². The second-order valence-corrected chi connectivity index (χ2v) is 10.2. The van der Waals surface area contributed by atoms with Gasteiger partial charge in [-0.15, -0.1) is 0 Å². The van der Waals surface area contributed by atoms with Crippen LogP contribution in [0.3, 0.4) is 0 Å². The number of para-hydroxylation sites is 1. The fraction of sp³-hybridized carbons (Fsp3) is 0.393. The summed E-state index contributed by atoms with van der Waals surface area (Å²) >= 11 is 6.57. The molecule has 0 N–H and O–H groups in total. The molecule has 174 valence electrons. The number of aromatic nitrogens is 3. The Labute approximate surface area is 204 Å². The van der Waals surface area contributed by atoms with Gasteiger partial charge in [-0.2, -0.15) is 0 Å². The molecule has 2 heterocycles. The summed E-state index contributed by atoms with van der Waals surface area (Å²) in [6.45, 7) is 1.18. The molecule has 4 aromatic rings. The topological polar surface area (TPSA) is 57.0 Å². The van der Waals surface area contributed by atoms with Crippen LogP contribution < -0.4 is 0 Å². The molecule has 0 radical (unpaired) electrons. The van der Waals surface area contributed by atoms with Gasteiger partial charge in [0, 0.05) is 24.8 Å². The van der Waals surface area contributed by atoms with Crippen LogP contribution in [0.15, 0.2) is 48.5 Å². The number of ether oxygens (including phenoxy) is 1. The Morgan fingerprint density at radius 2 is 1.71 bits per heavy atom. The summed E-state index contributed by atoms with van der Waals surface area (Å²) in [7, 11) is 0. The lowest BCUT2D eigenvalue weighted by molar-refractivity contribution is -0.145. The maximum absolute atomic E-state index is 11.9. The zero-order valence-corrected chi connectivity index (χ0v) is 19.9. The largest absolute Gasteiger partial charge is 0.461 e. The molecule has 34 heavy (non-hydrogen) atoms. The van der Waals surface area contributed by atoms with Gasteiger partial charge < -0.3 is 9.30 Å². The fourth-order valence-electron chi connectivity index (χ4n) is 4.65. The lowest BCUT2D eigenvalue weighted by Gasteiger charge is -2.11. The first kappa shape index (κ1) is 21.6. The van der Waals surface area contributed by atoms with Crippen LogP contribution in [0.5, 0.6) is 0 Å². The van der Waals surface area contributed by atoms with Gasteiger partial charge in [0.05, 0.1) is 11.0 Å². The summed E-state index contributed by atoms with van der Waals surface area (Å²) in [6, 6.07) is 16.6. The van der Waals surface area contributed by atoms with E-state index in [2.05, 4.69) is 39.9 Å². The first-order chi connectivity index (χ1) is 16.6. The summed E-state index contributed by atoms with van der Waals surface area (Å²) in [4.78, 5) is 21.4. The summed E-state index contributed by atoms with van der Waals surface area (Å²) in [5.41, 5.74) is 5.07. The first-order valence-corrected chi connectivity index (χ1v) is 12.7. The molecule has 2 aromatic heterocycles. The summed E-state index contributed by atoms with van der Waals surface area (Å²) in [5, 5.41) is 1.57. The van der Waals surface area contributed by atoms with Crippen molar-refractivity contribution in [2.24, 2.45) is 11.8 Å². The van der Waals surface area contributed by atoms with Crippen LogP contribution in [0.1, 0.15) is 49.1 Å². The minimum Gasteiger partial charge on any atom is -0.461 e. The third kappa shape index (κ3) is 4.67. The number of imidazole rings is 1. The zero-order valence-electron chi connectivity index (χ0n) is 19.2. The molecule has 0 spiro atoms. The van der Waals surface area contributed by atoms with E-state index in [1.807, 2.05) is 18.2 Å². The second-order valence-electron chi connectivity index (χ2n) is 9.82. The molecular weight excluding hydrogens is 446 g/mol. The molecule has 6 rings (SSSR count). The fourth-order valence-corrected chi connectivity index (χ4v) is 4.87. The van der Waals surface area contributed by atoms with Crippen molar-refractivity contribution < 1.29 is 9.53 Å². The van der Waals surface area contributed by atoms with Crippen molar-refractivity contribution in [2.75, 3.05) is 0 Å². The van der Waals surface area contributed by atoms with E-state index in [1.54, 1.807) is 0 Å². The van der Waals surface area contributed by atoms with Crippen LogP contribution in [-0.2, 0) is 35.5 Å². The van der Waals surface area contributed by atoms with Gasteiger partial charge in [0.15, 0.2) is 5.15 Å². The van der Waals surface area contributed by atoms with Crippen molar-refractivity contribution in [3.8, 4) is 0 Å². The van der Waals surface area contributed by atoms with Crippen molar-refractivity contribution in [1.82, 2.24) is 14.5 Å². The number of aryl methyl sites for hydroxylation is 2. The van der Waals surface area contributed by atoms with E-state index in [4.69, 9.17) is 21.3 Å². The number of nitrogens with zero attached hydrogens (tertiary/aromatic N) is 3. The normalized spacial score (nSPS) is 15.8. The van der Waals surface area contributed by atoms with E-state index < -0.39 is 0 Å². The quantitative estimate of drug-likeness (QED) is 0.212. The third-order valence-corrected chi connectivity index (χ3v) is 7.25. The number of benzene rings is 2. The standard InChI is InChI=1S/C28H28ClN3O2/c29-28-26-27(22-3-1-2-4-23(22)30-28)32(24(31-26)15-19-7-8-19)14-13-18-5-11-21(12-6-18)17-34-25(33)16-20-9-10-20/h1-6,11-12,19-20H,7-10,13-17H2. The van der Waals surface area contributed by atoms with Crippen LogP contribution in [0.25, 0.3) is 21.9 Å². The highest BCUT2D eigenvalue weighted by molar-refractivity contribution is 6.35. The maximum atomic E-state index is 11.9. The maximum Gasteiger partial charge on any atom is 0.306 e. The minimum absolute atomic E-state index is 0.0814. The highest BCUT2D eigenvalue weighted by Gasteiger charge is 2.26. The number of carbonyl (C=O) groups excluding carboxylic acids is 1. The van der Waals surface area contributed by atoms with Gasteiger partial charge in [0.25, 0.3) is 0 Å². The van der Waals surface area contributed by atoms with Gasteiger partial charge in [-0.3, -0.25) is 4.79 Å². The number of halogens is 1. The van der Waals surface area contributed by atoms with Gasteiger partial charge in [-0.25, -0.2) is 9.97 Å². The van der Waals surface area contributed by atoms with E-state index in [9.17, 15) is 4.79 Å². The number of hydrogen-bond acceptors (Lipinski definition) is 4. The highest BCUT2D eigenvalue weighted by Crippen LogP contribution is 2.36. The molecule has 2 fully saturated rings. The molecule has 0 aliphatic heterocycles. The van der Waals surface area contributed by atoms with Crippen molar-refractivity contribution >= 4 is 39.5 Å². The number of pyridine rings is 1. The van der Waals surface area contributed by atoms with Crippen molar-refractivity contribution in [1.29, 1.82) is 0 Å². The average molecular weight is 474 g/mol. The molecule has 2 aromatic carbocycles. The van der Waals surface area contributed by atoms with E-state index in [0.29, 0.717) is 24.1 Å². The Kier molecular flexibility index (Phi) is 5.74. The van der Waals surface area contributed by atoms with Crippen LogP contribution in [-0.4, -0.2) is 20.5 Å². The highest BCUT2D eigenvalue weighted by atomic mass is 35.5. The molecule has 0 saturated heterocycles. The average Bonchev–Trinajstić information content (AvgIpc) is 3.77. The lowest BCUT2D eigenvalue weighted by Crippen LogP contribution is -2.08. The zero-order chi connectivity index (χ0) is 23.1. The number of esters is 1. The molecule has 2 aliphatic rings. The molecule has 2 aliphatic carbocycles. The smallest absolute Gasteiger partial charge is 0.306 e. The van der Waals surface area contributed by atoms with Gasteiger partial charge in [-0.1, -0.05) is 54.1 Å². The second kappa shape index (κ2) is 9.03. The monoisotopic (exact) mass is 473 g/mol. The van der Waals surface area contributed by atoms with Crippen LogP contribution in [0.2, 0.25) is 5.15 Å². The molecule has 6 heteroatoms. The first-order valence-electron chi connectivity index (χ1n) is 12.3. The Morgan fingerprint density at radius 1 is 0.971 bits per heavy atom. The van der Waals surface area contributed by atoms with E-state index in [0.717, 1.165) is 71.5 Å². The molecule has 2 saturated carbocycles. The molecular formula is C28H28ClN3O2. The Morgan fingerprint density at radius 3 is 2.47 bits per heavy atom. The van der Waals surface area contributed by atoms with E-state index >= 15 is 0 Å². The number of carbonyl (C=O) groups is 1. The van der Waals surface area contributed by atoms with Gasteiger partial charge in [0.2, 0.25) is 0 Å². The molecule has 5 nitrogen and oxygen atoms in total. The van der Waals surface area contributed by atoms with Crippen molar-refractivity contribution in [3.05, 3.63) is 70.6 Å². The Balaban J connectivity index is 1.22. The predicted octanol–water partition coefficient (Wildman–Crippen LogP) is 6.28. The number of rotatable bonds is 9. The predicted molar refractivity (Wildman–Crippen MR) is 134 cm³/mol. The van der Waals surface area contributed by atoms with Crippen LogP contribution in [0.4, 0.5) is 0 Å². The van der Waals surface area contributed by atoms with Crippen molar-refractivity contribution in [2.45, 2.75) is 58.1 Å². The van der Waals surface area contributed by atoms with Gasteiger partial charge >= 0.3 is 5.97 Å². The summed E-state index contributed by atoms with van der Waals surface area (Å²) in [6.07, 6.45) is 7.33. The third-order valence-electron chi connectivity index (χ3n) is 6.99. The molecule has 0 atom stereocenters. The molecule has 0 amide bonds. The summed E-state index contributed by atoms with van der Waals surface area (Å²) in [5.74, 6) is 2.32. The molecule has 0 unspecified atom stereocenters. The van der Waals surface area contributed by atoms with Gasteiger partial charge in [-0.05, 0) is 61.1 Å². The summed E-state index contributed by atoms with van der Waals surface area (Å²) < 4.78 is 7.79. The Bertz CT molecular complexity index is 1350. The Hall–Kier alpha value is -2.92. The van der Waals surface area contributed by atoms with E-state index in [1.165, 1.54) is 18.4 Å². The molecule has 0 bridgehead atoms. The van der Waals surface area contributed by atoms with Crippen LogP contribution in [0, 0.1) is 11.8 Å². The lowest BCUT2D eigenvalue weighted by atomic mass is 10.1. The number of hydrogen-bond donors (Lipinski definition) is 0.